The molecule has 16 heavy (non-hydrogen) atoms. The molecule has 0 spiro atoms. The van der Waals surface area contributed by atoms with Crippen molar-refractivity contribution >= 4 is 5.91 Å². The van der Waals surface area contributed by atoms with E-state index in [2.05, 4.69) is 10.2 Å². The summed E-state index contributed by atoms with van der Waals surface area (Å²) in [5.41, 5.74) is 5.70. The lowest BCUT2D eigenvalue weighted by atomic mass is 10.0. The number of rotatable bonds is 6. The Morgan fingerprint density at radius 1 is 1.56 bits per heavy atom. The molecular weight excluding hydrogens is 206 g/mol. The predicted octanol–water partition coefficient (Wildman–Crippen LogP) is -0.438. The molecule has 3 N–H and O–H groups in total. The first-order valence-corrected chi connectivity index (χ1v) is 5.97. The molecule has 0 radical (unpaired) electrons. The fraction of sp³-hybridized carbons (Fsp3) is 0.909. The van der Waals surface area contributed by atoms with Crippen molar-refractivity contribution in [1.82, 2.24) is 10.2 Å². The Hall–Kier alpha value is -0.650. The van der Waals surface area contributed by atoms with E-state index in [-0.39, 0.29) is 5.91 Å². The number of ether oxygens (including phenoxy) is 1. The third-order valence-electron chi connectivity index (χ3n) is 3.00. The van der Waals surface area contributed by atoms with Crippen molar-refractivity contribution in [1.29, 1.82) is 0 Å². The molecule has 1 unspecified atom stereocenters. The molecule has 1 aliphatic heterocycles. The van der Waals surface area contributed by atoms with Crippen LogP contribution in [-0.4, -0.2) is 56.7 Å². The van der Waals surface area contributed by atoms with Crippen molar-refractivity contribution in [2.24, 2.45) is 5.73 Å². The minimum absolute atomic E-state index is 0.0670. The Kier molecular flexibility index (Phi) is 6.37. The molecule has 0 aliphatic carbocycles. The van der Waals surface area contributed by atoms with Gasteiger partial charge in [0.1, 0.15) is 0 Å². The van der Waals surface area contributed by atoms with Gasteiger partial charge in [-0.3, -0.25) is 9.69 Å². The molecule has 0 saturated carbocycles. The van der Waals surface area contributed by atoms with Crippen molar-refractivity contribution < 1.29 is 9.53 Å². The maximum Gasteiger partial charge on any atom is 0.234 e. The van der Waals surface area contributed by atoms with Crippen molar-refractivity contribution in [3.63, 3.8) is 0 Å². The van der Waals surface area contributed by atoms with E-state index < -0.39 is 0 Å². The van der Waals surface area contributed by atoms with Crippen LogP contribution in [0.25, 0.3) is 0 Å². The number of amides is 1. The number of carbonyl (C=O) groups excluding carboxylic acids is 1. The van der Waals surface area contributed by atoms with Crippen molar-refractivity contribution in [3.05, 3.63) is 0 Å². The zero-order chi connectivity index (χ0) is 11.8. The first-order chi connectivity index (χ1) is 7.77. The van der Waals surface area contributed by atoms with Gasteiger partial charge in [-0.25, -0.2) is 0 Å². The van der Waals surface area contributed by atoms with Gasteiger partial charge in [0.05, 0.1) is 13.2 Å². The van der Waals surface area contributed by atoms with E-state index >= 15 is 0 Å². The molecule has 1 rings (SSSR count). The van der Waals surface area contributed by atoms with E-state index in [0.29, 0.717) is 32.3 Å². The second-order valence-electron chi connectivity index (χ2n) is 4.20. The zero-order valence-corrected chi connectivity index (χ0v) is 10.1. The van der Waals surface area contributed by atoms with Crippen LogP contribution in [0.5, 0.6) is 0 Å². The Bertz CT molecular complexity index is 211. The van der Waals surface area contributed by atoms with Crippen LogP contribution in [-0.2, 0) is 9.53 Å². The second kappa shape index (κ2) is 7.60. The molecular formula is C11H23N3O2. The van der Waals surface area contributed by atoms with E-state index in [9.17, 15) is 4.79 Å². The van der Waals surface area contributed by atoms with E-state index in [4.69, 9.17) is 10.5 Å². The standard InChI is InChI=1S/C11H23N3O2/c1-16-7-5-13-11(15)9-14-6-3-2-4-10(14)8-12/h10H,2-9,12H2,1H3,(H,13,15). The van der Waals surface area contributed by atoms with Gasteiger partial charge in [-0.1, -0.05) is 6.42 Å². The first kappa shape index (κ1) is 13.4. The average molecular weight is 229 g/mol. The fourth-order valence-corrected chi connectivity index (χ4v) is 2.07. The topological polar surface area (TPSA) is 67.6 Å². The molecule has 1 saturated heterocycles. The normalized spacial score (nSPS) is 22.0. The monoisotopic (exact) mass is 229 g/mol. The molecule has 5 heteroatoms. The second-order valence-corrected chi connectivity index (χ2v) is 4.20. The smallest absolute Gasteiger partial charge is 0.234 e. The van der Waals surface area contributed by atoms with Gasteiger partial charge in [0, 0.05) is 26.2 Å². The SMILES string of the molecule is COCCNC(=O)CN1CCCCC1CN. The number of likely N-dealkylation sites (tertiary alicyclic amines) is 1. The first-order valence-electron chi connectivity index (χ1n) is 5.97. The highest BCUT2D eigenvalue weighted by Crippen LogP contribution is 2.15. The minimum Gasteiger partial charge on any atom is -0.383 e. The summed E-state index contributed by atoms with van der Waals surface area (Å²) in [6.45, 7) is 3.24. The number of methoxy groups -OCH3 is 1. The molecule has 1 fully saturated rings. The summed E-state index contributed by atoms with van der Waals surface area (Å²) in [5.74, 6) is 0.0670. The van der Waals surface area contributed by atoms with Gasteiger partial charge in [-0.2, -0.15) is 0 Å². The van der Waals surface area contributed by atoms with Crippen molar-refractivity contribution in [2.45, 2.75) is 25.3 Å². The molecule has 94 valence electrons. The van der Waals surface area contributed by atoms with E-state index in [1.807, 2.05) is 0 Å². The van der Waals surface area contributed by atoms with Crippen LogP contribution in [0, 0.1) is 0 Å². The highest BCUT2D eigenvalue weighted by Gasteiger charge is 2.22. The van der Waals surface area contributed by atoms with Crippen LogP contribution in [0.3, 0.4) is 0 Å². The lowest BCUT2D eigenvalue weighted by Crippen LogP contribution is -2.48. The molecule has 0 aromatic carbocycles. The predicted molar refractivity (Wildman–Crippen MR) is 63.2 cm³/mol. The van der Waals surface area contributed by atoms with Crippen LogP contribution < -0.4 is 11.1 Å². The lowest BCUT2D eigenvalue weighted by Gasteiger charge is -2.34. The maximum atomic E-state index is 11.6. The van der Waals surface area contributed by atoms with E-state index in [1.54, 1.807) is 7.11 Å². The largest absolute Gasteiger partial charge is 0.383 e. The van der Waals surface area contributed by atoms with Gasteiger partial charge >= 0.3 is 0 Å². The molecule has 1 amide bonds. The van der Waals surface area contributed by atoms with Gasteiger partial charge < -0.3 is 15.8 Å². The number of hydrogen-bond donors (Lipinski definition) is 2. The number of nitrogens with two attached hydrogens (primary N) is 1. The summed E-state index contributed by atoms with van der Waals surface area (Å²) >= 11 is 0. The summed E-state index contributed by atoms with van der Waals surface area (Å²) in [6.07, 6.45) is 3.51. The Morgan fingerprint density at radius 2 is 2.38 bits per heavy atom. The molecule has 0 bridgehead atoms. The lowest BCUT2D eigenvalue weighted by molar-refractivity contribution is -0.123. The van der Waals surface area contributed by atoms with Crippen LogP contribution >= 0.6 is 0 Å². The van der Waals surface area contributed by atoms with Crippen LogP contribution in [0.2, 0.25) is 0 Å². The molecule has 1 atom stereocenters. The number of hydrogen-bond acceptors (Lipinski definition) is 4. The summed E-state index contributed by atoms with van der Waals surface area (Å²) in [7, 11) is 1.63. The average Bonchev–Trinajstić information content (AvgIpc) is 2.30. The van der Waals surface area contributed by atoms with Gasteiger partial charge in [0.2, 0.25) is 5.91 Å². The highest BCUT2D eigenvalue weighted by atomic mass is 16.5. The summed E-state index contributed by atoms with van der Waals surface area (Å²) in [4.78, 5) is 13.8. The summed E-state index contributed by atoms with van der Waals surface area (Å²) in [5, 5.41) is 2.83. The van der Waals surface area contributed by atoms with Crippen LogP contribution in [0.1, 0.15) is 19.3 Å². The molecule has 5 nitrogen and oxygen atoms in total. The summed E-state index contributed by atoms with van der Waals surface area (Å²) in [6, 6.07) is 0.377. The van der Waals surface area contributed by atoms with Gasteiger partial charge in [-0.15, -0.1) is 0 Å². The molecule has 1 aliphatic rings. The van der Waals surface area contributed by atoms with Gasteiger partial charge in [-0.05, 0) is 19.4 Å². The van der Waals surface area contributed by atoms with E-state index in [0.717, 1.165) is 13.0 Å². The van der Waals surface area contributed by atoms with Gasteiger partial charge in [0.15, 0.2) is 0 Å². The number of carbonyl (C=O) groups is 1. The number of nitrogens with one attached hydrogen (secondary N) is 1. The number of piperidine rings is 1. The fourth-order valence-electron chi connectivity index (χ4n) is 2.07. The van der Waals surface area contributed by atoms with Crippen molar-refractivity contribution in [2.75, 3.05) is 39.9 Å². The third kappa shape index (κ3) is 4.47. The maximum absolute atomic E-state index is 11.6. The van der Waals surface area contributed by atoms with Gasteiger partial charge in [0.25, 0.3) is 0 Å². The highest BCUT2D eigenvalue weighted by molar-refractivity contribution is 5.78. The Labute approximate surface area is 97.3 Å². The minimum atomic E-state index is 0.0670. The summed E-state index contributed by atoms with van der Waals surface area (Å²) < 4.78 is 4.88. The third-order valence-corrected chi connectivity index (χ3v) is 3.00. The molecule has 0 aromatic rings. The van der Waals surface area contributed by atoms with Crippen LogP contribution in [0.4, 0.5) is 0 Å². The van der Waals surface area contributed by atoms with Crippen LogP contribution in [0.15, 0.2) is 0 Å². The zero-order valence-electron chi connectivity index (χ0n) is 10.1. The molecule has 1 heterocycles. The number of nitrogens with zero attached hydrogens (tertiary/aromatic N) is 1. The molecule has 0 aromatic heterocycles. The Morgan fingerprint density at radius 3 is 3.06 bits per heavy atom. The van der Waals surface area contributed by atoms with E-state index in [1.165, 1.54) is 12.8 Å². The quantitative estimate of drug-likeness (QED) is 0.606. The van der Waals surface area contributed by atoms with Crippen molar-refractivity contribution in [3.8, 4) is 0 Å². The Balaban J connectivity index is 2.25.